The maximum absolute atomic E-state index is 13.0. The zero-order chi connectivity index (χ0) is 14.3. The second kappa shape index (κ2) is 4.39. The van der Waals surface area contributed by atoms with Gasteiger partial charge in [0.1, 0.15) is 0 Å². The number of aliphatic hydroxyl groups is 1. The van der Waals surface area contributed by atoms with Gasteiger partial charge in [0.25, 0.3) is 11.8 Å². The molecule has 0 saturated carbocycles. The summed E-state index contributed by atoms with van der Waals surface area (Å²) >= 11 is 0. The number of imide groups is 1. The van der Waals surface area contributed by atoms with Gasteiger partial charge >= 0.3 is 0 Å². The van der Waals surface area contributed by atoms with Crippen LogP contribution in [0, 0.1) is 11.6 Å². The minimum atomic E-state index is -1.74. The van der Waals surface area contributed by atoms with Crippen LogP contribution < -0.4 is 5.73 Å². The lowest BCUT2D eigenvalue weighted by Crippen LogP contribution is -2.42. The van der Waals surface area contributed by atoms with Crippen LogP contribution in [-0.2, 0) is 4.79 Å². The molecule has 0 aromatic heterocycles. The number of β-amino-alcohol motifs (C(OH)–C–C–N with tert-alkyl or cyclic N) is 1. The smallest absolute Gasteiger partial charge is 0.261 e. The monoisotopic (exact) mass is 270 g/mol. The number of carbonyl (C=O) groups excluding carboxylic acids is 3. The summed E-state index contributed by atoms with van der Waals surface area (Å²) in [7, 11) is 0. The van der Waals surface area contributed by atoms with Gasteiger partial charge in [0.05, 0.1) is 17.7 Å². The number of benzene rings is 1. The third-order valence-corrected chi connectivity index (χ3v) is 2.70. The standard InChI is InChI=1S/C11H8F2N2O4/c12-6-1-4-5(2-7(6)13)11(19)15(10(4)18)3-8(16)9(14)17/h1-2,8,16H,3H2,(H2,14,17). The Kier molecular flexibility index (Phi) is 3.03. The molecule has 0 spiro atoms. The van der Waals surface area contributed by atoms with Crippen molar-refractivity contribution in [3.63, 3.8) is 0 Å². The lowest BCUT2D eigenvalue weighted by Gasteiger charge is -2.15. The maximum Gasteiger partial charge on any atom is 0.261 e. The van der Waals surface area contributed by atoms with Crippen molar-refractivity contribution in [1.29, 1.82) is 0 Å². The molecule has 2 rings (SSSR count). The van der Waals surface area contributed by atoms with Gasteiger partial charge in [-0.1, -0.05) is 0 Å². The largest absolute Gasteiger partial charge is 0.381 e. The number of hydrogen-bond donors (Lipinski definition) is 2. The number of fused-ring (bicyclic) bond motifs is 1. The summed E-state index contributed by atoms with van der Waals surface area (Å²) in [6, 6.07) is 1.20. The highest BCUT2D eigenvalue weighted by Gasteiger charge is 2.38. The summed E-state index contributed by atoms with van der Waals surface area (Å²) in [4.78, 5) is 34.8. The predicted octanol–water partition coefficient (Wildman–Crippen LogP) is -0.593. The Hall–Kier alpha value is -2.35. The van der Waals surface area contributed by atoms with Crippen LogP contribution in [0.2, 0.25) is 0 Å². The van der Waals surface area contributed by atoms with E-state index in [-0.39, 0.29) is 11.1 Å². The summed E-state index contributed by atoms with van der Waals surface area (Å²) in [5.41, 5.74) is 4.16. The molecule has 100 valence electrons. The van der Waals surface area contributed by atoms with Crippen molar-refractivity contribution in [2.45, 2.75) is 6.10 Å². The molecule has 3 amide bonds. The van der Waals surface area contributed by atoms with Gasteiger partial charge in [-0.2, -0.15) is 0 Å². The topological polar surface area (TPSA) is 101 Å². The molecule has 1 aromatic rings. The van der Waals surface area contributed by atoms with Crippen molar-refractivity contribution in [1.82, 2.24) is 4.90 Å². The molecule has 0 saturated heterocycles. The minimum absolute atomic E-state index is 0.319. The van der Waals surface area contributed by atoms with Crippen molar-refractivity contribution in [3.8, 4) is 0 Å². The fraction of sp³-hybridized carbons (Fsp3) is 0.182. The van der Waals surface area contributed by atoms with Crippen molar-refractivity contribution in [3.05, 3.63) is 34.9 Å². The summed E-state index contributed by atoms with van der Waals surface area (Å²) in [5.74, 6) is -5.48. The number of hydrogen-bond acceptors (Lipinski definition) is 4. The van der Waals surface area contributed by atoms with Crippen molar-refractivity contribution in [2.24, 2.45) is 5.73 Å². The van der Waals surface area contributed by atoms with Gasteiger partial charge in [0.15, 0.2) is 17.7 Å². The van der Waals surface area contributed by atoms with Gasteiger partial charge in [-0.3, -0.25) is 19.3 Å². The zero-order valence-electron chi connectivity index (χ0n) is 9.39. The van der Waals surface area contributed by atoms with Crippen molar-refractivity contribution >= 4 is 17.7 Å². The van der Waals surface area contributed by atoms with Crippen LogP contribution in [0.3, 0.4) is 0 Å². The average molecular weight is 270 g/mol. The Labute approximate surface area is 105 Å². The fourth-order valence-electron chi connectivity index (χ4n) is 1.71. The van der Waals surface area contributed by atoms with E-state index in [9.17, 15) is 28.3 Å². The fourth-order valence-corrected chi connectivity index (χ4v) is 1.71. The van der Waals surface area contributed by atoms with Crippen LogP contribution in [0.1, 0.15) is 20.7 Å². The molecule has 1 atom stereocenters. The number of nitrogens with two attached hydrogens (primary N) is 1. The van der Waals surface area contributed by atoms with Gasteiger partial charge in [-0.25, -0.2) is 8.78 Å². The minimum Gasteiger partial charge on any atom is -0.381 e. The Morgan fingerprint density at radius 1 is 1.21 bits per heavy atom. The normalized spacial score (nSPS) is 15.6. The molecule has 1 aliphatic heterocycles. The summed E-state index contributed by atoms with van der Waals surface area (Å²) in [5, 5.41) is 9.24. The van der Waals surface area contributed by atoms with E-state index in [0.29, 0.717) is 17.0 Å². The molecule has 8 heteroatoms. The van der Waals surface area contributed by atoms with Crippen molar-refractivity contribution in [2.75, 3.05) is 6.54 Å². The van der Waals surface area contributed by atoms with Gasteiger partial charge in [-0.05, 0) is 12.1 Å². The maximum atomic E-state index is 13.0. The molecular weight excluding hydrogens is 262 g/mol. The van der Waals surface area contributed by atoms with E-state index in [0.717, 1.165) is 0 Å². The molecule has 6 nitrogen and oxygen atoms in total. The Bertz CT molecular complexity index is 562. The highest BCUT2D eigenvalue weighted by Crippen LogP contribution is 2.25. The molecule has 1 unspecified atom stereocenters. The lowest BCUT2D eigenvalue weighted by atomic mass is 10.1. The van der Waals surface area contributed by atoms with E-state index >= 15 is 0 Å². The van der Waals surface area contributed by atoms with E-state index in [4.69, 9.17) is 5.73 Å². The number of nitrogens with zero attached hydrogens (tertiary/aromatic N) is 1. The third-order valence-electron chi connectivity index (χ3n) is 2.70. The SMILES string of the molecule is NC(=O)C(O)CN1C(=O)c2cc(F)c(F)cc2C1=O. The predicted molar refractivity (Wildman–Crippen MR) is 56.9 cm³/mol. The second-order valence-corrected chi connectivity index (χ2v) is 3.95. The summed E-state index contributed by atoms with van der Waals surface area (Å²) < 4.78 is 26.0. The number of amides is 3. The van der Waals surface area contributed by atoms with Crippen LogP contribution in [0.25, 0.3) is 0 Å². The number of rotatable bonds is 3. The number of primary amides is 1. The molecule has 0 radical (unpaired) electrons. The van der Waals surface area contributed by atoms with E-state index < -0.39 is 42.0 Å². The van der Waals surface area contributed by atoms with Crippen LogP contribution >= 0.6 is 0 Å². The lowest BCUT2D eigenvalue weighted by molar-refractivity contribution is -0.126. The summed E-state index contributed by atoms with van der Waals surface area (Å²) in [6.07, 6.45) is -1.74. The number of halogens is 2. The first kappa shape index (κ1) is 13.1. The number of carbonyl (C=O) groups is 3. The highest BCUT2D eigenvalue weighted by molar-refractivity contribution is 6.21. The molecular formula is C11H8F2N2O4. The quantitative estimate of drug-likeness (QED) is 0.716. The van der Waals surface area contributed by atoms with Crippen LogP contribution in [0.4, 0.5) is 8.78 Å². The molecule has 0 fully saturated rings. The molecule has 1 aromatic carbocycles. The molecule has 3 N–H and O–H groups in total. The first-order chi connectivity index (χ1) is 8.82. The van der Waals surface area contributed by atoms with Gasteiger partial charge in [0.2, 0.25) is 5.91 Å². The van der Waals surface area contributed by atoms with Crippen LogP contribution in [0.15, 0.2) is 12.1 Å². The average Bonchev–Trinajstić information content (AvgIpc) is 2.55. The first-order valence-corrected chi connectivity index (χ1v) is 5.15. The van der Waals surface area contributed by atoms with E-state index in [2.05, 4.69) is 0 Å². The number of aliphatic hydroxyl groups excluding tert-OH is 1. The Morgan fingerprint density at radius 3 is 2.00 bits per heavy atom. The Balaban J connectivity index is 2.37. The molecule has 0 bridgehead atoms. The Morgan fingerprint density at radius 2 is 1.63 bits per heavy atom. The zero-order valence-corrected chi connectivity index (χ0v) is 9.39. The van der Waals surface area contributed by atoms with Gasteiger partial charge in [-0.15, -0.1) is 0 Å². The molecule has 19 heavy (non-hydrogen) atoms. The first-order valence-electron chi connectivity index (χ1n) is 5.15. The van der Waals surface area contributed by atoms with Crippen LogP contribution in [0.5, 0.6) is 0 Å². The molecule has 0 aliphatic carbocycles. The van der Waals surface area contributed by atoms with E-state index in [1.807, 2.05) is 0 Å². The van der Waals surface area contributed by atoms with Gasteiger partial charge < -0.3 is 10.8 Å². The van der Waals surface area contributed by atoms with E-state index in [1.165, 1.54) is 0 Å². The highest BCUT2D eigenvalue weighted by atomic mass is 19.2. The van der Waals surface area contributed by atoms with Crippen molar-refractivity contribution < 1.29 is 28.3 Å². The third kappa shape index (κ3) is 2.06. The molecule has 1 aliphatic rings. The van der Waals surface area contributed by atoms with Gasteiger partial charge in [0, 0.05) is 0 Å². The van der Waals surface area contributed by atoms with E-state index in [1.54, 1.807) is 0 Å². The summed E-state index contributed by atoms with van der Waals surface area (Å²) in [6.45, 7) is -0.662. The molecule has 1 heterocycles. The van der Waals surface area contributed by atoms with Crippen LogP contribution in [-0.4, -0.2) is 40.4 Å². The second-order valence-electron chi connectivity index (χ2n) is 3.95.